The standard InChI is InChI=1S/C26H23Br2ClN2O6S/c1-5-36-19-11-16(27)15(10-18(19)35-4)22-21(25(34)37-6-2)12(3)30-26-31(22)24(33)20(38-26)8-13-7-14(29)9-17(28)23(13)32/h7-11,22,32H,5-6H2,1-4H3/b20-8+/t22-/m1/s1. The van der Waals surface area contributed by atoms with Crippen molar-refractivity contribution in [1.29, 1.82) is 0 Å². The van der Waals surface area contributed by atoms with E-state index in [1.807, 2.05) is 6.92 Å². The number of carbonyl (C=O) groups is 1. The predicted octanol–water partition coefficient (Wildman–Crippen LogP) is 5.09. The van der Waals surface area contributed by atoms with Crippen LogP contribution in [-0.4, -0.2) is 36.0 Å². The molecule has 0 saturated carbocycles. The zero-order chi connectivity index (χ0) is 27.7. The molecule has 4 rings (SSSR count). The molecular weight excluding hydrogens is 664 g/mol. The number of benzene rings is 2. The molecule has 0 spiro atoms. The molecule has 1 atom stereocenters. The van der Waals surface area contributed by atoms with Crippen molar-refractivity contribution < 1.29 is 24.1 Å². The average molecular weight is 687 g/mol. The van der Waals surface area contributed by atoms with Gasteiger partial charge in [-0.2, -0.15) is 0 Å². The van der Waals surface area contributed by atoms with Crippen molar-refractivity contribution in [3.05, 3.63) is 80.3 Å². The van der Waals surface area contributed by atoms with Crippen LogP contribution in [0.25, 0.3) is 6.08 Å². The highest BCUT2D eigenvalue weighted by Gasteiger charge is 2.35. The Labute approximate surface area is 244 Å². The summed E-state index contributed by atoms with van der Waals surface area (Å²) in [7, 11) is 1.52. The van der Waals surface area contributed by atoms with Gasteiger partial charge in [-0.3, -0.25) is 9.36 Å². The van der Waals surface area contributed by atoms with Crippen LogP contribution < -0.4 is 24.4 Å². The Morgan fingerprint density at radius 2 is 1.92 bits per heavy atom. The molecule has 0 radical (unpaired) electrons. The van der Waals surface area contributed by atoms with E-state index < -0.39 is 17.6 Å². The minimum Gasteiger partial charge on any atom is -0.506 e. The van der Waals surface area contributed by atoms with Crippen LogP contribution in [0.4, 0.5) is 0 Å². The normalized spacial score (nSPS) is 15.2. The molecule has 0 saturated heterocycles. The molecule has 1 aromatic heterocycles. The molecule has 38 heavy (non-hydrogen) atoms. The Kier molecular flexibility index (Phi) is 8.71. The summed E-state index contributed by atoms with van der Waals surface area (Å²) in [6.07, 6.45) is 1.55. The van der Waals surface area contributed by atoms with Gasteiger partial charge in [-0.1, -0.05) is 38.9 Å². The molecule has 0 bridgehead atoms. The van der Waals surface area contributed by atoms with E-state index in [1.54, 1.807) is 44.2 Å². The molecule has 1 N–H and O–H groups in total. The molecule has 2 heterocycles. The highest BCUT2D eigenvalue weighted by molar-refractivity contribution is 9.10. The Morgan fingerprint density at radius 1 is 1.18 bits per heavy atom. The van der Waals surface area contributed by atoms with Gasteiger partial charge in [0.15, 0.2) is 16.3 Å². The third kappa shape index (κ3) is 5.29. The van der Waals surface area contributed by atoms with Crippen molar-refractivity contribution in [2.45, 2.75) is 26.8 Å². The summed E-state index contributed by atoms with van der Waals surface area (Å²) in [5.74, 6) is 0.320. The summed E-state index contributed by atoms with van der Waals surface area (Å²) in [6, 6.07) is 5.72. The van der Waals surface area contributed by atoms with E-state index in [-0.39, 0.29) is 17.9 Å². The first kappa shape index (κ1) is 28.4. The number of nitrogens with zero attached hydrogens (tertiary/aromatic N) is 2. The van der Waals surface area contributed by atoms with Crippen LogP contribution in [0.2, 0.25) is 5.02 Å². The summed E-state index contributed by atoms with van der Waals surface area (Å²) < 4.78 is 19.4. The number of esters is 1. The lowest BCUT2D eigenvalue weighted by Gasteiger charge is -2.26. The Balaban J connectivity index is 2.02. The average Bonchev–Trinajstić information content (AvgIpc) is 3.16. The van der Waals surface area contributed by atoms with Gasteiger partial charge in [0, 0.05) is 15.1 Å². The maximum atomic E-state index is 13.9. The first-order chi connectivity index (χ1) is 18.1. The summed E-state index contributed by atoms with van der Waals surface area (Å²) in [5.41, 5.74) is 1.20. The zero-order valence-electron chi connectivity index (χ0n) is 20.8. The van der Waals surface area contributed by atoms with E-state index in [1.165, 1.54) is 11.7 Å². The van der Waals surface area contributed by atoms with Gasteiger partial charge in [-0.05, 0) is 72.6 Å². The van der Waals surface area contributed by atoms with E-state index in [0.717, 1.165) is 11.3 Å². The number of ether oxygens (including phenoxy) is 3. The number of aromatic hydroxyl groups is 1. The molecule has 0 amide bonds. The SMILES string of the molecule is CCOC(=O)C1=C(C)N=c2s/c(=C/c3cc(Cl)cc(Br)c3O)c(=O)n2[C@@H]1c1cc(OC)c(OCC)cc1Br. The van der Waals surface area contributed by atoms with Gasteiger partial charge in [-0.15, -0.1) is 0 Å². The van der Waals surface area contributed by atoms with E-state index in [2.05, 4.69) is 36.9 Å². The fraction of sp³-hybridized carbons (Fsp3) is 0.269. The number of methoxy groups -OCH3 is 1. The van der Waals surface area contributed by atoms with Gasteiger partial charge in [0.2, 0.25) is 0 Å². The number of aromatic nitrogens is 1. The molecule has 2 aromatic carbocycles. The van der Waals surface area contributed by atoms with Crippen LogP contribution in [0, 0.1) is 0 Å². The number of carbonyl (C=O) groups excluding carboxylic acids is 1. The lowest BCUT2D eigenvalue weighted by Crippen LogP contribution is -2.40. The van der Waals surface area contributed by atoms with Crippen LogP contribution in [0.1, 0.15) is 37.9 Å². The van der Waals surface area contributed by atoms with Crippen LogP contribution in [0.3, 0.4) is 0 Å². The van der Waals surface area contributed by atoms with Crippen LogP contribution in [0.15, 0.2) is 54.3 Å². The number of phenolic OH excluding ortho intramolecular Hbond substituents is 1. The van der Waals surface area contributed by atoms with Crippen molar-refractivity contribution in [1.82, 2.24) is 4.57 Å². The minimum atomic E-state index is -0.869. The third-order valence-corrected chi connectivity index (χ3v) is 8.23. The van der Waals surface area contributed by atoms with Crippen molar-refractivity contribution in [3.63, 3.8) is 0 Å². The van der Waals surface area contributed by atoms with Gasteiger partial charge < -0.3 is 19.3 Å². The van der Waals surface area contributed by atoms with Gasteiger partial charge in [0.05, 0.1) is 46.6 Å². The quantitative estimate of drug-likeness (QED) is 0.348. The molecule has 1 aliphatic heterocycles. The van der Waals surface area contributed by atoms with Crippen molar-refractivity contribution in [2.24, 2.45) is 4.99 Å². The molecule has 0 fully saturated rings. The summed E-state index contributed by atoms with van der Waals surface area (Å²) >= 11 is 14.2. The van der Waals surface area contributed by atoms with Gasteiger partial charge in [-0.25, -0.2) is 9.79 Å². The van der Waals surface area contributed by atoms with E-state index in [4.69, 9.17) is 25.8 Å². The second kappa shape index (κ2) is 11.6. The van der Waals surface area contributed by atoms with Crippen LogP contribution in [-0.2, 0) is 9.53 Å². The number of allylic oxidation sites excluding steroid dienone is 1. The fourth-order valence-corrected chi connectivity index (χ4v) is 6.52. The first-order valence-corrected chi connectivity index (χ1v) is 14.3. The predicted molar refractivity (Wildman–Crippen MR) is 153 cm³/mol. The van der Waals surface area contributed by atoms with E-state index in [9.17, 15) is 14.7 Å². The zero-order valence-corrected chi connectivity index (χ0v) is 25.5. The number of phenols is 1. The fourth-order valence-electron chi connectivity index (χ4n) is 4.11. The molecule has 8 nitrogen and oxygen atoms in total. The number of hydrogen-bond acceptors (Lipinski definition) is 8. The Hall–Kier alpha value is -2.60. The Bertz CT molecular complexity index is 1650. The summed E-state index contributed by atoms with van der Waals surface area (Å²) in [4.78, 5) is 32.0. The highest BCUT2D eigenvalue weighted by atomic mass is 79.9. The number of rotatable bonds is 7. The molecule has 3 aromatic rings. The van der Waals surface area contributed by atoms with Crippen molar-refractivity contribution >= 4 is 66.8 Å². The van der Waals surface area contributed by atoms with Crippen molar-refractivity contribution in [3.8, 4) is 17.2 Å². The topological polar surface area (TPSA) is 99.4 Å². The smallest absolute Gasteiger partial charge is 0.338 e. The monoisotopic (exact) mass is 684 g/mol. The molecular formula is C26H23Br2ClN2O6S. The number of thiazole rings is 1. The molecule has 0 unspecified atom stereocenters. The molecule has 12 heteroatoms. The van der Waals surface area contributed by atoms with Gasteiger partial charge >= 0.3 is 5.97 Å². The maximum absolute atomic E-state index is 13.9. The maximum Gasteiger partial charge on any atom is 0.338 e. The van der Waals surface area contributed by atoms with Gasteiger partial charge in [0.1, 0.15) is 5.75 Å². The van der Waals surface area contributed by atoms with Crippen LogP contribution in [0.5, 0.6) is 17.2 Å². The lowest BCUT2D eigenvalue weighted by molar-refractivity contribution is -0.139. The lowest BCUT2D eigenvalue weighted by atomic mass is 9.95. The minimum absolute atomic E-state index is 0.0563. The molecule has 1 aliphatic rings. The van der Waals surface area contributed by atoms with Gasteiger partial charge in [0.25, 0.3) is 5.56 Å². The molecule has 200 valence electrons. The second-order valence-corrected chi connectivity index (χ2v) is 11.2. The third-order valence-electron chi connectivity index (χ3n) is 5.74. The molecule has 0 aliphatic carbocycles. The van der Waals surface area contributed by atoms with Crippen LogP contribution >= 0.6 is 54.8 Å². The largest absolute Gasteiger partial charge is 0.506 e. The number of hydrogen-bond donors (Lipinski definition) is 1. The second-order valence-electron chi connectivity index (χ2n) is 8.09. The van der Waals surface area contributed by atoms with E-state index >= 15 is 0 Å². The first-order valence-electron chi connectivity index (χ1n) is 11.5. The number of halogens is 3. The Morgan fingerprint density at radius 3 is 2.58 bits per heavy atom. The highest BCUT2D eigenvalue weighted by Crippen LogP contribution is 2.41. The number of fused-ring (bicyclic) bond motifs is 1. The van der Waals surface area contributed by atoms with Crippen molar-refractivity contribution in [2.75, 3.05) is 20.3 Å². The summed E-state index contributed by atoms with van der Waals surface area (Å²) in [5, 5.41) is 10.9. The summed E-state index contributed by atoms with van der Waals surface area (Å²) in [6.45, 7) is 5.86. The van der Waals surface area contributed by atoms with E-state index in [0.29, 0.717) is 58.2 Å².